The van der Waals surface area contributed by atoms with Gasteiger partial charge in [0.05, 0.1) is 24.1 Å². The summed E-state index contributed by atoms with van der Waals surface area (Å²) in [5.74, 6) is -0.937. The van der Waals surface area contributed by atoms with Crippen LogP contribution >= 0.6 is 0 Å². The van der Waals surface area contributed by atoms with Gasteiger partial charge in [0.15, 0.2) is 6.61 Å². The van der Waals surface area contributed by atoms with E-state index in [9.17, 15) is 14.4 Å². The van der Waals surface area contributed by atoms with Gasteiger partial charge < -0.3 is 14.4 Å². The fraction of sp³-hybridized carbons (Fsp3) is 0.520. The molecule has 3 rings (SSSR count). The molecule has 0 saturated carbocycles. The molecule has 0 bridgehead atoms. The number of aromatic nitrogens is 2. The number of methoxy groups -OCH3 is 1. The average molecular weight is 456 g/mol. The fourth-order valence-electron chi connectivity index (χ4n) is 4.55. The molecule has 178 valence electrons. The number of aryl methyl sites for hydroxylation is 1. The van der Waals surface area contributed by atoms with Gasteiger partial charge >= 0.3 is 11.9 Å². The zero-order valence-corrected chi connectivity index (χ0v) is 20.1. The lowest BCUT2D eigenvalue weighted by Crippen LogP contribution is -2.49. The number of carbonyl (C=O) groups excluding carboxylic acids is 3. The van der Waals surface area contributed by atoms with Crippen molar-refractivity contribution in [3.63, 3.8) is 0 Å². The molecule has 8 heteroatoms. The van der Waals surface area contributed by atoms with Gasteiger partial charge in [0.2, 0.25) is 0 Å². The van der Waals surface area contributed by atoms with Gasteiger partial charge in [-0.25, -0.2) is 9.48 Å². The number of esters is 2. The van der Waals surface area contributed by atoms with Gasteiger partial charge in [-0.1, -0.05) is 0 Å². The first-order valence-corrected chi connectivity index (χ1v) is 11.4. The Morgan fingerprint density at radius 3 is 2.30 bits per heavy atom. The second-order valence-electron chi connectivity index (χ2n) is 8.69. The number of piperidine rings is 1. The minimum atomic E-state index is -0.528. The molecular formula is C25H33N3O5. The van der Waals surface area contributed by atoms with Crippen LogP contribution in [0.1, 0.15) is 66.8 Å². The van der Waals surface area contributed by atoms with Crippen LogP contribution in [0.25, 0.3) is 5.69 Å². The van der Waals surface area contributed by atoms with Gasteiger partial charge in [-0.2, -0.15) is 5.10 Å². The van der Waals surface area contributed by atoms with Crippen molar-refractivity contribution in [3.8, 4) is 5.69 Å². The molecule has 1 aliphatic heterocycles. The van der Waals surface area contributed by atoms with Crippen LogP contribution in [0, 0.1) is 13.8 Å². The van der Waals surface area contributed by atoms with Crippen molar-refractivity contribution in [2.75, 3.05) is 13.7 Å². The van der Waals surface area contributed by atoms with Crippen LogP contribution in [-0.4, -0.2) is 58.3 Å². The normalized spacial score (nSPS) is 18.2. The van der Waals surface area contributed by atoms with E-state index in [4.69, 9.17) is 9.47 Å². The van der Waals surface area contributed by atoms with E-state index in [1.807, 2.05) is 32.6 Å². The van der Waals surface area contributed by atoms with E-state index >= 15 is 0 Å². The first kappa shape index (κ1) is 24.5. The molecule has 0 N–H and O–H groups in total. The molecule has 1 fully saturated rings. The summed E-state index contributed by atoms with van der Waals surface area (Å²) in [5, 5.41) is 4.58. The van der Waals surface area contributed by atoms with Crippen molar-refractivity contribution in [1.82, 2.24) is 14.7 Å². The Labute approximate surface area is 194 Å². The van der Waals surface area contributed by atoms with Crippen LogP contribution in [0.5, 0.6) is 0 Å². The molecule has 1 aliphatic rings. The van der Waals surface area contributed by atoms with Crippen LogP contribution in [0.4, 0.5) is 0 Å². The number of hydrogen-bond donors (Lipinski definition) is 0. The van der Waals surface area contributed by atoms with Gasteiger partial charge in [-0.05, 0) is 83.2 Å². The Morgan fingerprint density at radius 1 is 1.06 bits per heavy atom. The molecule has 8 nitrogen and oxygen atoms in total. The van der Waals surface area contributed by atoms with Crippen LogP contribution in [0.15, 0.2) is 24.3 Å². The third-order valence-electron chi connectivity index (χ3n) is 6.40. The molecular weight excluding hydrogens is 422 g/mol. The Hall–Kier alpha value is -3.16. The summed E-state index contributed by atoms with van der Waals surface area (Å²) in [6.07, 6.45) is 3.91. The summed E-state index contributed by atoms with van der Waals surface area (Å²) in [5.41, 5.74) is 3.95. The SMILES string of the molecule is COC(=O)CCc1c(C)nn(-c2ccc(C(=O)OCC(=O)N3C(C)CCCC3C)cc2)c1C. The highest BCUT2D eigenvalue weighted by atomic mass is 16.5. The van der Waals surface area contributed by atoms with Gasteiger partial charge in [0.1, 0.15) is 0 Å². The van der Waals surface area contributed by atoms with Crippen molar-refractivity contribution < 1.29 is 23.9 Å². The zero-order valence-electron chi connectivity index (χ0n) is 20.1. The lowest BCUT2D eigenvalue weighted by molar-refractivity contribution is -0.141. The Bertz CT molecular complexity index is 1000. The quantitative estimate of drug-likeness (QED) is 0.593. The smallest absolute Gasteiger partial charge is 0.338 e. The second-order valence-corrected chi connectivity index (χ2v) is 8.69. The minimum Gasteiger partial charge on any atom is -0.469 e. The lowest BCUT2D eigenvalue weighted by Gasteiger charge is -2.38. The number of rotatable bonds is 7. The number of hydrogen-bond acceptors (Lipinski definition) is 6. The average Bonchev–Trinajstić information content (AvgIpc) is 3.08. The van der Waals surface area contributed by atoms with Crippen molar-refractivity contribution in [1.29, 1.82) is 0 Å². The molecule has 1 aromatic heterocycles. The maximum Gasteiger partial charge on any atom is 0.338 e. The lowest BCUT2D eigenvalue weighted by atomic mass is 9.97. The first-order valence-electron chi connectivity index (χ1n) is 11.4. The van der Waals surface area contributed by atoms with E-state index in [2.05, 4.69) is 5.10 Å². The number of likely N-dealkylation sites (tertiary alicyclic amines) is 1. The molecule has 2 atom stereocenters. The number of nitrogens with zero attached hydrogens (tertiary/aromatic N) is 3. The van der Waals surface area contributed by atoms with E-state index in [-0.39, 0.29) is 30.6 Å². The zero-order chi connectivity index (χ0) is 24.1. The largest absolute Gasteiger partial charge is 0.469 e. The van der Waals surface area contributed by atoms with Crippen molar-refractivity contribution in [3.05, 3.63) is 46.8 Å². The molecule has 0 aliphatic carbocycles. The van der Waals surface area contributed by atoms with E-state index in [1.54, 1.807) is 28.9 Å². The summed E-state index contributed by atoms with van der Waals surface area (Å²) in [4.78, 5) is 38.4. The van der Waals surface area contributed by atoms with E-state index in [0.717, 1.165) is 41.9 Å². The van der Waals surface area contributed by atoms with Gasteiger partial charge in [-0.15, -0.1) is 0 Å². The first-order chi connectivity index (χ1) is 15.7. The Balaban J connectivity index is 1.63. The predicted octanol–water partition coefficient (Wildman–Crippen LogP) is 3.54. The highest BCUT2D eigenvalue weighted by Gasteiger charge is 2.29. The van der Waals surface area contributed by atoms with Gasteiger partial charge in [0.25, 0.3) is 5.91 Å². The summed E-state index contributed by atoms with van der Waals surface area (Å²) in [6.45, 7) is 7.67. The van der Waals surface area contributed by atoms with E-state index in [1.165, 1.54) is 7.11 Å². The van der Waals surface area contributed by atoms with Crippen molar-refractivity contribution in [2.45, 2.75) is 71.9 Å². The number of carbonyl (C=O) groups is 3. The molecule has 0 spiro atoms. The molecule has 2 unspecified atom stereocenters. The third-order valence-corrected chi connectivity index (χ3v) is 6.40. The van der Waals surface area contributed by atoms with E-state index < -0.39 is 5.97 Å². The Kier molecular flexibility index (Phi) is 7.89. The molecule has 1 saturated heterocycles. The van der Waals surface area contributed by atoms with Crippen LogP contribution < -0.4 is 0 Å². The standard InChI is InChI=1S/C25H33N3O5/c1-16-7-6-8-17(2)27(16)23(29)15-33-25(31)20-9-11-21(12-10-20)28-19(4)22(18(3)26-28)13-14-24(30)32-5/h9-12,16-17H,6-8,13-15H2,1-5H3. The van der Waals surface area contributed by atoms with Gasteiger partial charge in [-0.3, -0.25) is 9.59 Å². The number of benzene rings is 1. The van der Waals surface area contributed by atoms with Crippen LogP contribution in [0.2, 0.25) is 0 Å². The summed E-state index contributed by atoms with van der Waals surface area (Å²) >= 11 is 0. The summed E-state index contributed by atoms with van der Waals surface area (Å²) in [6, 6.07) is 7.24. The maximum atomic E-state index is 12.6. The second kappa shape index (κ2) is 10.6. The highest BCUT2D eigenvalue weighted by Crippen LogP contribution is 2.23. The molecule has 33 heavy (non-hydrogen) atoms. The summed E-state index contributed by atoms with van der Waals surface area (Å²) in [7, 11) is 1.38. The Morgan fingerprint density at radius 2 is 1.70 bits per heavy atom. The summed E-state index contributed by atoms with van der Waals surface area (Å²) < 4.78 is 11.8. The molecule has 2 aromatic rings. The van der Waals surface area contributed by atoms with Gasteiger partial charge in [0, 0.05) is 24.2 Å². The highest BCUT2D eigenvalue weighted by molar-refractivity contribution is 5.91. The van der Waals surface area contributed by atoms with Crippen LogP contribution in [-0.2, 0) is 25.5 Å². The molecule has 1 amide bonds. The maximum absolute atomic E-state index is 12.6. The molecule has 2 heterocycles. The predicted molar refractivity (Wildman–Crippen MR) is 123 cm³/mol. The van der Waals surface area contributed by atoms with Crippen LogP contribution in [0.3, 0.4) is 0 Å². The topological polar surface area (TPSA) is 90.7 Å². The minimum absolute atomic E-state index is 0.151. The molecule has 1 aromatic carbocycles. The monoisotopic (exact) mass is 455 g/mol. The number of ether oxygens (including phenoxy) is 2. The number of amides is 1. The van der Waals surface area contributed by atoms with Crippen molar-refractivity contribution in [2.24, 2.45) is 0 Å². The van der Waals surface area contributed by atoms with Crippen molar-refractivity contribution >= 4 is 17.8 Å². The third kappa shape index (κ3) is 5.61. The molecule has 0 radical (unpaired) electrons. The van der Waals surface area contributed by atoms with E-state index in [0.29, 0.717) is 18.4 Å². The fourth-order valence-corrected chi connectivity index (χ4v) is 4.55.